The Balaban J connectivity index is 2.95. The highest BCUT2D eigenvalue weighted by molar-refractivity contribution is 7.23. The van der Waals surface area contributed by atoms with Crippen LogP contribution in [0.2, 0.25) is 4.34 Å². The lowest BCUT2D eigenvalue weighted by atomic mass is 10.2. The van der Waals surface area contributed by atoms with Crippen LogP contribution in [0.1, 0.15) is 0 Å². The van der Waals surface area contributed by atoms with Crippen LogP contribution in [-0.2, 0) is 0 Å². The van der Waals surface area contributed by atoms with Gasteiger partial charge in [0.2, 0.25) is 0 Å². The highest BCUT2D eigenvalue weighted by Gasteiger charge is 2.11. The number of benzene rings is 1. The molecule has 0 atom stereocenters. The van der Waals surface area contributed by atoms with Gasteiger partial charge in [-0.2, -0.15) is 0 Å². The lowest BCUT2D eigenvalue weighted by Crippen LogP contribution is -1.70. The van der Waals surface area contributed by atoms with Crippen molar-refractivity contribution >= 4 is 33.0 Å². The average molecular weight is 203 g/mol. The van der Waals surface area contributed by atoms with Gasteiger partial charge in [-0.05, 0) is 12.1 Å². The lowest BCUT2D eigenvalue weighted by molar-refractivity contribution is 0.484. The number of rotatable bonds is 0. The van der Waals surface area contributed by atoms with Gasteiger partial charge in [0.1, 0.15) is 10.2 Å². The molecule has 0 aliphatic heterocycles. The molecule has 0 amide bonds. The number of hydrogen-bond donors (Lipinski definition) is 1. The monoisotopic (exact) mass is 202 g/mol. The molecule has 2 aromatic rings. The standard InChI is InChI=1S/C8H4ClFOS/c9-8-6(11)4-2-1-3-5(10)7(4)12-8/h1-3,11H. The second-order valence-electron chi connectivity index (χ2n) is 2.34. The first-order valence-electron chi connectivity index (χ1n) is 3.25. The van der Waals surface area contributed by atoms with E-state index in [9.17, 15) is 9.50 Å². The predicted octanol–water partition coefficient (Wildman–Crippen LogP) is 3.40. The maximum Gasteiger partial charge on any atom is 0.153 e. The van der Waals surface area contributed by atoms with Crippen LogP contribution >= 0.6 is 22.9 Å². The van der Waals surface area contributed by atoms with Crippen LogP contribution in [0.4, 0.5) is 4.39 Å². The van der Waals surface area contributed by atoms with E-state index in [0.29, 0.717) is 10.1 Å². The molecule has 0 saturated heterocycles. The van der Waals surface area contributed by atoms with Gasteiger partial charge >= 0.3 is 0 Å². The van der Waals surface area contributed by atoms with Gasteiger partial charge in [0.25, 0.3) is 0 Å². The molecule has 62 valence electrons. The van der Waals surface area contributed by atoms with Crippen molar-refractivity contribution in [3.63, 3.8) is 0 Å². The van der Waals surface area contributed by atoms with Crippen LogP contribution in [-0.4, -0.2) is 5.11 Å². The highest BCUT2D eigenvalue weighted by Crippen LogP contribution is 2.41. The first-order chi connectivity index (χ1) is 5.70. The van der Waals surface area contributed by atoms with Crippen molar-refractivity contribution in [2.24, 2.45) is 0 Å². The Kier molecular flexibility index (Phi) is 1.70. The summed E-state index contributed by atoms with van der Waals surface area (Å²) >= 11 is 6.67. The van der Waals surface area contributed by atoms with Gasteiger partial charge < -0.3 is 5.11 Å². The van der Waals surface area contributed by atoms with Gasteiger partial charge in [-0.25, -0.2) is 4.39 Å². The van der Waals surface area contributed by atoms with Crippen LogP contribution in [0.3, 0.4) is 0 Å². The molecule has 1 N–H and O–H groups in total. The zero-order valence-electron chi connectivity index (χ0n) is 5.84. The minimum absolute atomic E-state index is 0.0313. The molecule has 1 nitrogen and oxygen atoms in total. The summed E-state index contributed by atoms with van der Waals surface area (Å²) in [5.41, 5.74) is 0. The maximum atomic E-state index is 13.0. The van der Waals surface area contributed by atoms with Crippen LogP contribution in [0.25, 0.3) is 10.1 Å². The summed E-state index contributed by atoms with van der Waals surface area (Å²) < 4.78 is 13.7. The fraction of sp³-hybridized carbons (Fsp3) is 0. The van der Waals surface area contributed by atoms with E-state index in [1.54, 1.807) is 12.1 Å². The van der Waals surface area contributed by atoms with E-state index in [1.807, 2.05) is 0 Å². The van der Waals surface area contributed by atoms with Gasteiger partial charge in [-0.1, -0.05) is 17.7 Å². The number of thiophene rings is 1. The Morgan fingerprint density at radius 3 is 2.83 bits per heavy atom. The van der Waals surface area contributed by atoms with Crippen LogP contribution in [0.5, 0.6) is 5.75 Å². The molecule has 4 heteroatoms. The largest absolute Gasteiger partial charge is 0.505 e. The topological polar surface area (TPSA) is 20.2 Å². The predicted molar refractivity (Wildman–Crippen MR) is 48.5 cm³/mol. The highest BCUT2D eigenvalue weighted by atomic mass is 35.5. The van der Waals surface area contributed by atoms with E-state index in [0.717, 1.165) is 11.3 Å². The summed E-state index contributed by atoms with van der Waals surface area (Å²) in [6, 6.07) is 4.52. The zero-order valence-corrected chi connectivity index (χ0v) is 7.42. The van der Waals surface area contributed by atoms with Crippen molar-refractivity contribution in [2.45, 2.75) is 0 Å². The summed E-state index contributed by atoms with van der Waals surface area (Å²) in [6.07, 6.45) is 0. The van der Waals surface area contributed by atoms with Gasteiger partial charge in [-0.3, -0.25) is 0 Å². The minimum atomic E-state index is -0.347. The molecule has 1 heterocycles. The molecule has 0 saturated carbocycles. The fourth-order valence-corrected chi connectivity index (χ4v) is 2.20. The molecule has 0 bridgehead atoms. The quantitative estimate of drug-likeness (QED) is 0.694. The van der Waals surface area contributed by atoms with Gasteiger partial charge in [-0.15, -0.1) is 11.3 Å². The molecule has 0 fully saturated rings. The number of halogens is 2. The maximum absolute atomic E-state index is 13.0. The molecule has 0 aliphatic carbocycles. The average Bonchev–Trinajstić information content (AvgIpc) is 2.32. The number of hydrogen-bond acceptors (Lipinski definition) is 2. The smallest absolute Gasteiger partial charge is 0.153 e. The number of aromatic hydroxyl groups is 1. The molecule has 0 spiro atoms. The molecule has 2 rings (SSSR count). The Bertz CT molecular complexity index is 438. The second kappa shape index (κ2) is 2.61. The minimum Gasteiger partial charge on any atom is -0.505 e. The third kappa shape index (κ3) is 0.974. The van der Waals surface area contributed by atoms with Crippen molar-refractivity contribution in [3.8, 4) is 5.75 Å². The second-order valence-corrected chi connectivity index (χ2v) is 3.96. The summed E-state index contributed by atoms with van der Waals surface area (Å²) in [4.78, 5) is 0. The molecule has 0 radical (unpaired) electrons. The molecule has 1 aromatic carbocycles. The van der Waals surface area contributed by atoms with Crippen LogP contribution in [0, 0.1) is 5.82 Å². The first-order valence-corrected chi connectivity index (χ1v) is 4.45. The third-order valence-corrected chi connectivity index (χ3v) is 3.00. The Morgan fingerprint density at radius 1 is 1.42 bits per heavy atom. The van der Waals surface area contributed by atoms with Crippen LogP contribution < -0.4 is 0 Å². The van der Waals surface area contributed by atoms with Gasteiger partial charge in [0.05, 0.1) is 4.70 Å². The Labute approximate surface area is 77.0 Å². The van der Waals surface area contributed by atoms with E-state index >= 15 is 0 Å². The van der Waals surface area contributed by atoms with E-state index in [-0.39, 0.29) is 15.9 Å². The van der Waals surface area contributed by atoms with E-state index in [2.05, 4.69) is 0 Å². The zero-order chi connectivity index (χ0) is 8.72. The number of fused-ring (bicyclic) bond motifs is 1. The van der Waals surface area contributed by atoms with Crippen LogP contribution in [0.15, 0.2) is 18.2 Å². The van der Waals surface area contributed by atoms with Crippen molar-refractivity contribution in [1.29, 1.82) is 0 Å². The summed E-state index contributed by atoms with van der Waals surface area (Å²) in [6.45, 7) is 0. The molecular formula is C8H4ClFOS. The first kappa shape index (κ1) is 7.83. The van der Waals surface area contributed by atoms with E-state index in [4.69, 9.17) is 11.6 Å². The van der Waals surface area contributed by atoms with Crippen molar-refractivity contribution in [1.82, 2.24) is 0 Å². The summed E-state index contributed by atoms with van der Waals surface area (Å²) in [5, 5.41) is 9.81. The van der Waals surface area contributed by atoms with Gasteiger partial charge in [0.15, 0.2) is 5.75 Å². The molecular weight excluding hydrogens is 199 g/mol. The third-order valence-electron chi connectivity index (χ3n) is 1.60. The fourth-order valence-electron chi connectivity index (χ4n) is 1.04. The summed E-state index contributed by atoms with van der Waals surface area (Å²) in [7, 11) is 0. The van der Waals surface area contributed by atoms with Gasteiger partial charge in [0, 0.05) is 5.39 Å². The molecule has 1 aromatic heterocycles. The Hall–Kier alpha value is -0.800. The normalized spacial score (nSPS) is 10.8. The molecule has 0 unspecified atom stereocenters. The van der Waals surface area contributed by atoms with Crippen molar-refractivity contribution < 1.29 is 9.50 Å². The molecule has 0 aliphatic rings. The van der Waals surface area contributed by atoms with E-state index in [1.165, 1.54) is 6.07 Å². The van der Waals surface area contributed by atoms with E-state index < -0.39 is 0 Å². The Morgan fingerprint density at radius 2 is 2.17 bits per heavy atom. The molecule has 12 heavy (non-hydrogen) atoms. The van der Waals surface area contributed by atoms with Crippen molar-refractivity contribution in [2.75, 3.05) is 0 Å². The SMILES string of the molecule is Oc1c(Cl)sc2c(F)cccc12. The lowest BCUT2D eigenvalue weighted by Gasteiger charge is -1.90. The van der Waals surface area contributed by atoms with Crippen molar-refractivity contribution in [3.05, 3.63) is 28.4 Å². The summed E-state index contributed by atoms with van der Waals surface area (Å²) in [5.74, 6) is -0.379.